The molecule has 2 N–H and O–H groups in total. The van der Waals surface area contributed by atoms with Crippen molar-refractivity contribution >= 4 is 27.2 Å². The van der Waals surface area contributed by atoms with Gasteiger partial charge < -0.3 is 5.11 Å². The lowest BCUT2D eigenvalue weighted by Crippen LogP contribution is -2.15. The third kappa shape index (κ3) is 3.12. The first-order chi connectivity index (χ1) is 8.92. The average molecular weight is 298 g/mol. The Bertz CT molecular complexity index is 673. The van der Waals surface area contributed by atoms with Gasteiger partial charge >= 0.3 is 0 Å². The molecular formula is C12H14N2O3S2. The maximum absolute atomic E-state index is 12.2. The van der Waals surface area contributed by atoms with Crippen molar-refractivity contribution in [1.29, 1.82) is 0 Å². The van der Waals surface area contributed by atoms with Crippen LogP contribution < -0.4 is 4.72 Å². The minimum atomic E-state index is -3.71. The van der Waals surface area contributed by atoms with Crippen molar-refractivity contribution < 1.29 is 13.5 Å². The summed E-state index contributed by atoms with van der Waals surface area (Å²) < 4.78 is 26.9. The number of aliphatic hydroxyl groups excluding tert-OH is 1. The lowest BCUT2D eigenvalue weighted by molar-refractivity contribution is 0.282. The summed E-state index contributed by atoms with van der Waals surface area (Å²) >= 11 is 1.20. The van der Waals surface area contributed by atoms with Crippen molar-refractivity contribution in [2.45, 2.75) is 25.3 Å². The molecule has 7 heteroatoms. The fourth-order valence-corrected chi connectivity index (χ4v) is 4.06. The lowest BCUT2D eigenvalue weighted by Gasteiger charge is -2.08. The summed E-state index contributed by atoms with van der Waals surface area (Å²) in [4.78, 5) is 4.65. The van der Waals surface area contributed by atoms with Crippen molar-refractivity contribution in [2.75, 3.05) is 4.72 Å². The van der Waals surface area contributed by atoms with Crippen LogP contribution in [0.1, 0.15) is 16.1 Å². The number of aryl methyl sites for hydroxylation is 2. The number of pyridine rings is 1. The molecule has 0 radical (unpaired) electrons. The number of sulfonamides is 1. The van der Waals surface area contributed by atoms with Crippen LogP contribution in [0.5, 0.6) is 0 Å². The molecule has 2 heterocycles. The van der Waals surface area contributed by atoms with E-state index < -0.39 is 10.0 Å². The van der Waals surface area contributed by atoms with Crippen molar-refractivity contribution in [2.24, 2.45) is 0 Å². The van der Waals surface area contributed by atoms with Gasteiger partial charge in [0.25, 0.3) is 10.0 Å². The second kappa shape index (κ2) is 5.28. The molecule has 0 saturated heterocycles. The van der Waals surface area contributed by atoms with E-state index in [1.807, 2.05) is 13.0 Å². The molecule has 2 aromatic heterocycles. The van der Waals surface area contributed by atoms with Crippen molar-refractivity contribution in [1.82, 2.24) is 4.98 Å². The Kier molecular flexibility index (Phi) is 3.88. The first kappa shape index (κ1) is 14.0. The second-order valence-electron chi connectivity index (χ2n) is 4.14. The first-order valence-electron chi connectivity index (χ1n) is 5.58. The maximum Gasteiger partial charge on any atom is 0.264 e. The molecule has 0 atom stereocenters. The number of aromatic nitrogens is 1. The van der Waals surface area contributed by atoms with Gasteiger partial charge in [-0.15, -0.1) is 11.3 Å². The van der Waals surface area contributed by atoms with E-state index in [-0.39, 0.29) is 17.3 Å². The quantitative estimate of drug-likeness (QED) is 0.905. The molecule has 0 fully saturated rings. The summed E-state index contributed by atoms with van der Waals surface area (Å²) in [5.74, 6) is 0.285. The minimum Gasteiger partial charge on any atom is -0.391 e. The molecule has 0 aliphatic heterocycles. The van der Waals surface area contributed by atoms with E-state index in [0.29, 0.717) is 4.88 Å². The molecule has 0 unspecified atom stereocenters. The zero-order chi connectivity index (χ0) is 14.0. The summed E-state index contributed by atoms with van der Waals surface area (Å²) in [5, 5.41) is 10.8. The predicted molar refractivity (Wildman–Crippen MR) is 74.8 cm³/mol. The number of aliphatic hydroxyl groups is 1. The summed E-state index contributed by atoms with van der Waals surface area (Å²) in [6, 6.07) is 5.00. The fraction of sp³-hybridized carbons (Fsp3) is 0.250. The third-order valence-corrected chi connectivity index (χ3v) is 4.95. The van der Waals surface area contributed by atoms with E-state index in [4.69, 9.17) is 5.11 Å². The Labute approximate surface area is 116 Å². The van der Waals surface area contributed by atoms with Gasteiger partial charge in [-0.25, -0.2) is 13.4 Å². The molecule has 5 nitrogen and oxygen atoms in total. The summed E-state index contributed by atoms with van der Waals surface area (Å²) in [7, 11) is -3.71. The second-order valence-corrected chi connectivity index (χ2v) is 6.79. The Morgan fingerprint density at radius 1 is 1.37 bits per heavy atom. The van der Waals surface area contributed by atoms with Crippen LogP contribution in [0.25, 0.3) is 0 Å². The van der Waals surface area contributed by atoms with Crippen LogP contribution in [0.2, 0.25) is 0 Å². The van der Waals surface area contributed by atoms with Crippen molar-refractivity contribution in [3.8, 4) is 0 Å². The Hall–Kier alpha value is -1.44. The van der Waals surface area contributed by atoms with Crippen LogP contribution in [-0.4, -0.2) is 18.5 Å². The van der Waals surface area contributed by atoms with Crippen molar-refractivity contribution in [3.63, 3.8) is 0 Å². The van der Waals surface area contributed by atoms with Gasteiger partial charge in [0.1, 0.15) is 10.7 Å². The third-order valence-electron chi connectivity index (χ3n) is 2.47. The summed E-state index contributed by atoms with van der Waals surface area (Å²) in [5.41, 5.74) is 1.67. The maximum atomic E-state index is 12.2. The van der Waals surface area contributed by atoms with Gasteiger partial charge in [0.2, 0.25) is 0 Å². The first-order valence-corrected chi connectivity index (χ1v) is 7.94. The largest absolute Gasteiger partial charge is 0.391 e. The van der Waals surface area contributed by atoms with Gasteiger partial charge in [-0.1, -0.05) is 0 Å². The molecule has 0 spiro atoms. The smallest absolute Gasteiger partial charge is 0.264 e. The number of thiophene rings is 1. The highest BCUT2D eigenvalue weighted by atomic mass is 32.2. The van der Waals surface area contributed by atoms with Crippen LogP contribution in [0.4, 0.5) is 5.82 Å². The van der Waals surface area contributed by atoms with Gasteiger partial charge in [0.05, 0.1) is 11.5 Å². The van der Waals surface area contributed by atoms with Gasteiger partial charge in [0, 0.05) is 5.69 Å². The monoisotopic (exact) mass is 298 g/mol. The van der Waals surface area contributed by atoms with E-state index in [9.17, 15) is 8.42 Å². The van der Waals surface area contributed by atoms with Crippen LogP contribution in [0.3, 0.4) is 0 Å². The number of hydrogen-bond acceptors (Lipinski definition) is 5. The van der Waals surface area contributed by atoms with E-state index in [1.54, 1.807) is 18.4 Å². The highest BCUT2D eigenvalue weighted by molar-refractivity contribution is 7.92. The van der Waals surface area contributed by atoms with Gasteiger partial charge in [-0.05, 0) is 43.0 Å². The normalized spacial score (nSPS) is 11.5. The van der Waals surface area contributed by atoms with Gasteiger partial charge in [-0.2, -0.15) is 0 Å². The van der Waals surface area contributed by atoms with Crippen molar-refractivity contribution in [3.05, 3.63) is 39.7 Å². The number of hydrogen-bond donors (Lipinski definition) is 2. The molecule has 19 heavy (non-hydrogen) atoms. The molecule has 2 rings (SSSR count). The number of nitrogens with one attached hydrogen (secondary N) is 1. The van der Waals surface area contributed by atoms with Crippen LogP contribution in [-0.2, 0) is 16.6 Å². The summed E-state index contributed by atoms with van der Waals surface area (Å²) in [6.45, 7) is 3.37. The highest BCUT2D eigenvalue weighted by Crippen LogP contribution is 2.24. The van der Waals surface area contributed by atoms with Crippen LogP contribution in [0.15, 0.2) is 28.5 Å². The Morgan fingerprint density at radius 3 is 2.74 bits per heavy atom. The molecule has 102 valence electrons. The van der Waals surface area contributed by atoms with E-state index >= 15 is 0 Å². The number of rotatable bonds is 4. The Morgan fingerprint density at radius 2 is 2.11 bits per heavy atom. The molecule has 0 amide bonds. The number of anilines is 1. The van der Waals surface area contributed by atoms with E-state index in [2.05, 4.69) is 9.71 Å². The molecular weight excluding hydrogens is 284 g/mol. The molecule has 0 saturated carbocycles. The topological polar surface area (TPSA) is 79.3 Å². The van der Waals surface area contributed by atoms with Crippen LogP contribution >= 0.6 is 11.3 Å². The average Bonchev–Trinajstić information content (AvgIpc) is 2.75. The predicted octanol–water partition coefficient (Wildman–Crippen LogP) is 2.05. The highest BCUT2D eigenvalue weighted by Gasteiger charge is 2.20. The van der Waals surface area contributed by atoms with E-state index in [1.165, 1.54) is 17.4 Å². The lowest BCUT2D eigenvalue weighted by atomic mass is 10.2. The zero-order valence-corrected chi connectivity index (χ0v) is 12.2. The molecule has 2 aromatic rings. The molecule has 0 bridgehead atoms. The standard InChI is InChI=1S/C12H14N2O3S2/c1-8-5-9(2)13-12(6-8)14-19(16,17)11-3-4-18-10(11)7-15/h3-6,15H,7H2,1-2H3,(H,13,14). The fourth-order valence-electron chi connectivity index (χ4n) is 1.77. The van der Waals surface area contributed by atoms with Gasteiger partial charge in [-0.3, -0.25) is 4.72 Å². The van der Waals surface area contributed by atoms with E-state index in [0.717, 1.165) is 11.3 Å². The minimum absolute atomic E-state index is 0.0981. The molecule has 0 aliphatic rings. The summed E-state index contributed by atoms with van der Waals surface area (Å²) in [6.07, 6.45) is 0. The number of nitrogens with zero attached hydrogens (tertiary/aromatic N) is 1. The zero-order valence-electron chi connectivity index (χ0n) is 10.5. The SMILES string of the molecule is Cc1cc(C)nc(NS(=O)(=O)c2ccsc2CO)c1. The van der Waals surface area contributed by atoms with Crippen LogP contribution in [0, 0.1) is 13.8 Å². The molecule has 0 aliphatic carbocycles. The Balaban J connectivity index is 2.36. The molecule has 0 aromatic carbocycles. The van der Waals surface area contributed by atoms with Gasteiger partial charge in [0.15, 0.2) is 0 Å².